The molecule has 2 saturated heterocycles. The molecular formula is C27H28ClFN6O5S. The van der Waals surface area contributed by atoms with Crippen LogP contribution < -0.4 is 5.32 Å². The number of thiazole rings is 1. The third-order valence-electron chi connectivity index (χ3n) is 8.12. The molecule has 2 atom stereocenters. The Hall–Kier alpha value is -3.55. The summed E-state index contributed by atoms with van der Waals surface area (Å²) in [5.74, 6) is -1.54. The summed E-state index contributed by atoms with van der Waals surface area (Å²) >= 11 is 7.82. The van der Waals surface area contributed by atoms with Crippen LogP contribution in [0.25, 0.3) is 0 Å². The Morgan fingerprint density at radius 3 is 2.76 bits per heavy atom. The summed E-state index contributed by atoms with van der Waals surface area (Å²) in [4.78, 5) is 52.7. The Balaban J connectivity index is 1.29. The molecule has 216 valence electrons. The van der Waals surface area contributed by atoms with Gasteiger partial charge in [0.2, 0.25) is 0 Å². The lowest BCUT2D eigenvalue weighted by Crippen LogP contribution is -2.53. The molecule has 1 aromatic carbocycles. The van der Waals surface area contributed by atoms with Gasteiger partial charge in [-0.2, -0.15) is 0 Å². The largest absolute Gasteiger partial charge is 0.481 e. The predicted octanol–water partition coefficient (Wildman–Crippen LogP) is 2.88. The highest BCUT2D eigenvalue weighted by Crippen LogP contribution is 2.47. The van der Waals surface area contributed by atoms with Gasteiger partial charge < -0.3 is 25.0 Å². The number of urea groups is 1. The van der Waals surface area contributed by atoms with E-state index in [-0.39, 0.29) is 29.1 Å². The first-order valence-corrected chi connectivity index (χ1v) is 14.5. The lowest BCUT2D eigenvalue weighted by molar-refractivity contribution is -0.138. The summed E-state index contributed by atoms with van der Waals surface area (Å²) in [5.41, 5.74) is 0.682. The molecule has 11 nitrogen and oxygen atoms in total. The van der Waals surface area contributed by atoms with Crippen LogP contribution in [0.4, 0.5) is 9.18 Å². The second-order valence-corrected chi connectivity index (χ2v) is 12.0. The molecule has 1 aromatic heterocycles. The molecule has 4 aliphatic rings. The molecule has 41 heavy (non-hydrogen) atoms. The first-order valence-electron chi connectivity index (χ1n) is 13.2. The van der Waals surface area contributed by atoms with Gasteiger partial charge >= 0.3 is 18.0 Å². The van der Waals surface area contributed by atoms with Crippen molar-refractivity contribution in [3.8, 4) is 0 Å². The maximum atomic E-state index is 13.9. The number of esters is 1. The molecule has 0 spiro atoms. The van der Waals surface area contributed by atoms with Gasteiger partial charge in [0.05, 0.1) is 30.7 Å². The van der Waals surface area contributed by atoms with Gasteiger partial charge in [-0.05, 0) is 25.0 Å². The number of nitrogens with one attached hydrogen (secondary N) is 1. The highest BCUT2D eigenvalue weighted by molar-refractivity contribution is 7.11. The van der Waals surface area contributed by atoms with E-state index in [1.807, 2.05) is 10.3 Å². The van der Waals surface area contributed by atoms with E-state index in [0.717, 1.165) is 0 Å². The predicted molar refractivity (Wildman–Crippen MR) is 148 cm³/mol. The van der Waals surface area contributed by atoms with E-state index in [0.29, 0.717) is 67.7 Å². The number of carboxylic acid groups (broad SMARTS) is 1. The highest BCUT2D eigenvalue weighted by atomic mass is 35.5. The number of ether oxygens (including phenoxy) is 1. The molecule has 1 aliphatic carbocycles. The average Bonchev–Trinajstić information content (AvgIpc) is 3.34. The molecule has 3 fully saturated rings. The molecule has 0 radical (unpaired) electrons. The van der Waals surface area contributed by atoms with Crippen molar-refractivity contribution in [1.82, 2.24) is 25.0 Å². The maximum Gasteiger partial charge on any atom is 0.338 e. The molecule has 3 aliphatic heterocycles. The summed E-state index contributed by atoms with van der Waals surface area (Å²) in [5, 5.41) is 15.2. The molecule has 0 bridgehead atoms. The van der Waals surface area contributed by atoms with E-state index >= 15 is 0 Å². The number of hydrogen-bond donors (Lipinski definition) is 2. The van der Waals surface area contributed by atoms with Crippen molar-refractivity contribution in [3.05, 3.63) is 62.5 Å². The summed E-state index contributed by atoms with van der Waals surface area (Å²) in [6.45, 7) is 2.34. The van der Waals surface area contributed by atoms with Crippen LogP contribution in [0.3, 0.4) is 0 Å². The summed E-state index contributed by atoms with van der Waals surface area (Å²) in [6, 6.07) is 2.90. The average molecular weight is 603 g/mol. The van der Waals surface area contributed by atoms with Crippen molar-refractivity contribution in [3.63, 3.8) is 0 Å². The Morgan fingerprint density at radius 1 is 1.29 bits per heavy atom. The van der Waals surface area contributed by atoms with Crippen molar-refractivity contribution in [2.24, 2.45) is 4.99 Å². The number of hydrogen-bond acceptors (Lipinski definition) is 9. The van der Waals surface area contributed by atoms with Crippen LogP contribution >= 0.6 is 22.9 Å². The van der Waals surface area contributed by atoms with E-state index in [4.69, 9.17) is 21.3 Å². The van der Waals surface area contributed by atoms with Gasteiger partial charge in [0.25, 0.3) is 0 Å². The number of amidine groups is 1. The number of methoxy groups -OCH3 is 1. The minimum atomic E-state index is -0.902. The minimum absolute atomic E-state index is 0.0471. The SMILES string of the molecule is COC(=O)C1=C(CN2CCN3C(=O)N(C4(CC(=O)O)CC4)CC3C2)NC(c2nccs2)=NC1c1ccc(F)cc1Cl. The number of piperazine rings is 1. The van der Waals surface area contributed by atoms with E-state index in [2.05, 4.69) is 15.2 Å². The van der Waals surface area contributed by atoms with Gasteiger partial charge in [0.15, 0.2) is 10.8 Å². The fourth-order valence-electron chi connectivity index (χ4n) is 5.97. The van der Waals surface area contributed by atoms with E-state index in [1.54, 1.807) is 11.1 Å². The first-order chi connectivity index (χ1) is 19.7. The molecule has 14 heteroatoms. The molecular weight excluding hydrogens is 575 g/mol. The quantitative estimate of drug-likeness (QED) is 0.442. The number of amides is 2. The van der Waals surface area contributed by atoms with Gasteiger partial charge in [0.1, 0.15) is 11.9 Å². The molecule has 1 saturated carbocycles. The molecule has 2 unspecified atom stereocenters. The maximum absolute atomic E-state index is 13.9. The van der Waals surface area contributed by atoms with Crippen LogP contribution in [0.2, 0.25) is 5.02 Å². The standard InChI is InChI=1S/C27H28ClFN6O5S/c1-40-25(38)21-19(31-23(24-30-6-9-41-24)32-22(21)17-3-2-15(29)10-18(17)28)14-33-7-8-34-16(12-33)13-35(26(34)39)27(4-5-27)11-20(36)37/h2-3,6,9-10,16,22H,4-5,7-8,11-14H2,1H3,(H,31,32)(H,36,37). The lowest BCUT2D eigenvalue weighted by Gasteiger charge is -2.38. The van der Waals surface area contributed by atoms with E-state index in [9.17, 15) is 23.9 Å². The van der Waals surface area contributed by atoms with Gasteiger partial charge in [-0.15, -0.1) is 11.3 Å². The van der Waals surface area contributed by atoms with Crippen LogP contribution in [0, 0.1) is 5.82 Å². The number of carbonyl (C=O) groups is 3. The third kappa shape index (κ3) is 5.17. The Bertz CT molecular complexity index is 1460. The van der Waals surface area contributed by atoms with Crippen molar-refractivity contribution in [1.29, 1.82) is 0 Å². The molecule has 2 aromatic rings. The minimum Gasteiger partial charge on any atom is -0.481 e. The van der Waals surface area contributed by atoms with Crippen molar-refractivity contribution in [2.45, 2.75) is 36.9 Å². The summed E-state index contributed by atoms with van der Waals surface area (Å²) < 4.78 is 19.1. The second-order valence-electron chi connectivity index (χ2n) is 10.7. The molecule has 4 heterocycles. The van der Waals surface area contributed by atoms with E-state index < -0.39 is 29.3 Å². The number of aliphatic carboxylic acids is 1. The number of fused-ring (bicyclic) bond motifs is 1. The van der Waals surface area contributed by atoms with Crippen molar-refractivity contribution >= 4 is 46.7 Å². The van der Waals surface area contributed by atoms with Crippen LogP contribution in [-0.2, 0) is 14.3 Å². The number of halogens is 2. The second kappa shape index (κ2) is 10.7. The number of carbonyl (C=O) groups excluding carboxylic acids is 2. The Kier molecular flexibility index (Phi) is 7.20. The zero-order valence-electron chi connectivity index (χ0n) is 22.2. The van der Waals surface area contributed by atoms with Gasteiger partial charge in [-0.3, -0.25) is 14.7 Å². The zero-order valence-corrected chi connectivity index (χ0v) is 23.8. The Labute approximate surface area is 244 Å². The molecule has 2 N–H and O–H groups in total. The fourth-order valence-corrected chi connectivity index (χ4v) is 6.83. The normalized spacial score (nSPS) is 23.7. The van der Waals surface area contributed by atoms with Gasteiger partial charge in [-0.25, -0.2) is 19.0 Å². The van der Waals surface area contributed by atoms with E-state index in [1.165, 1.54) is 36.6 Å². The van der Waals surface area contributed by atoms with Crippen LogP contribution in [-0.4, -0.2) is 100 Å². The summed E-state index contributed by atoms with van der Waals surface area (Å²) in [6.07, 6.45) is 3.00. The van der Waals surface area contributed by atoms with Crippen LogP contribution in [0.5, 0.6) is 0 Å². The van der Waals surface area contributed by atoms with Gasteiger partial charge in [-0.1, -0.05) is 17.7 Å². The number of aromatic nitrogens is 1. The third-order valence-corrected chi connectivity index (χ3v) is 9.23. The Morgan fingerprint density at radius 2 is 2.10 bits per heavy atom. The number of carboxylic acids is 1. The van der Waals surface area contributed by atoms with Crippen molar-refractivity contribution in [2.75, 3.05) is 39.8 Å². The van der Waals surface area contributed by atoms with Crippen LogP contribution in [0.15, 0.2) is 46.0 Å². The number of rotatable bonds is 8. The first kappa shape index (κ1) is 27.6. The zero-order chi connectivity index (χ0) is 28.9. The number of aliphatic imine (C=N–C) groups is 1. The monoisotopic (exact) mass is 602 g/mol. The fraction of sp³-hybridized carbons (Fsp3) is 0.444. The topological polar surface area (TPSA) is 128 Å². The van der Waals surface area contributed by atoms with Crippen LogP contribution in [0.1, 0.15) is 35.9 Å². The highest BCUT2D eigenvalue weighted by Gasteiger charge is 2.56. The molecule has 6 rings (SSSR count). The summed E-state index contributed by atoms with van der Waals surface area (Å²) in [7, 11) is 1.29. The van der Waals surface area contributed by atoms with Gasteiger partial charge in [0, 0.05) is 60.6 Å². The smallest absolute Gasteiger partial charge is 0.338 e. The lowest BCUT2D eigenvalue weighted by atomic mass is 9.95. The number of benzene rings is 1. The van der Waals surface area contributed by atoms with Crippen molar-refractivity contribution < 1.29 is 28.6 Å². The molecule has 2 amide bonds. The number of nitrogens with zero attached hydrogens (tertiary/aromatic N) is 5.